The molecule has 1 aliphatic carbocycles. The molecule has 1 fully saturated rings. The molecule has 0 spiro atoms. The quantitative estimate of drug-likeness (QED) is 0.809. The summed E-state index contributed by atoms with van der Waals surface area (Å²) in [4.78, 5) is 15.7. The lowest BCUT2D eigenvalue weighted by molar-refractivity contribution is -0.144. The van der Waals surface area contributed by atoms with Gasteiger partial charge >= 0.3 is 5.97 Å². The van der Waals surface area contributed by atoms with Gasteiger partial charge in [-0.15, -0.1) is 11.3 Å². The first-order valence-electron chi connectivity index (χ1n) is 6.07. The Bertz CT molecular complexity index is 563. The minimum atomic E-state index is -3.30. The van der Waals surface area contributed by atoms with E-state index >= 15 is 0 Å². The maximum Gasteiger partial charge on any atom is 0.314 e. The van der Waals surface area contributed by atoms with Crippen LogP contribution < -0.4 is 4.72 Å². The van der Waals surface area contributed by atoms with Crippen LogP contribution in [0.15, 0.2) is 5.38 Å². The zero-order valence-corrected chi connectivity index (χ0v) is 12.4. The number of hydrogen-bond acceptors (Lipinski definition) is 6. The SMILES string of the molecule is CCOC(=O)C(C)c1csc(NS(=O)(=O)C2CC2)n1. The van der Waals surface area contributed by atoms with E-state index in [9.17, 15) is 13.2 Å². The molecular weight excluding hydrogens is 288 g/mol. The summed E-state index contributed by atoms with van der Waals surface area (Å²) < 4.78 is 30.8. The number of anilines is 1. The molecule has 1 saturated carbocycles. The van der Waals surface area contributed by atoms with Gasteiger partial charge in [0, 0.05) is 5.38 Å². The number of hydrogen-bond donors (Lipinski definition) is 1. The maximum atomic E-state index is 11.7. The van der Waals surface area contributed by atoms with Gasteiger partial charge in [-0.1, -0.05) is 0 Å². The molecule has 1 aromatic heterocycles. The van der Waals surface area contributed by atoms with Gasteiger partial charge in [-0.2, -0.15) is 0 Å². The first-order chi connectivity index (χ1) is 8.94. The number of aromatic nitrogens is 1. The molecule has 0 saturated heterocycles. The smallest absolute Gasteiger partial charge is 0.314 e. The molecule has 0 radical (unpaired) electrons. The van der Waals surface area contributed by atoms with Crippen LogP contribution in [0.25, 0.3) is 0 Å². The van der Waals surface area contributed by atoms with Crippen LogP contribution in [0.2, 0.25) is 0 Å². The van der Waals surface area contributed by atoms with Gasteiger partial charge in [0.15, 0.2) is 5.13 Å². The third-order valence-electron chi connectivity index (χ3n) is 2.80. The number of ether oxygens (including phenoxy) is 1. The van der Waals surface area contributed by atoms with E-state index in [1.165, 1.54) is 11.3 Å². The van der Waals surface area contributed by atoms with Crippen molar-refractivity contribution in [3.63, 3.8) is 0 Å². The number of nitrogens with one attached hydrogen (secondary N) is 1. The molecule has 106 valence electrons. The van der Waals surface area contributed by atoms with Crippen molar-refractivity contribution in [1.82, 2.24) is 4.98 Å². The first kappa shape index (κ1) is 14.3. The van der Waals surface area contributed by atoms with Crippen LogP contribution >= 0.6 is 11.3 Å². The van der Waals surface area contributed by atoms with Gasteiger partial charge in [-0.3, -0.25) is 9.52 Å². The summed E-state index contributed by atoms with van der Waals surface area (Å²) in [5, 5.41) is 1.69. The monoisotopic (exact) mass is 304 g/mol. The zero-order chi connectivity index (χ0) is 14.0. The van der Waals surface area contributed by atoms with Crippen molar-refractivity contribution in [1.29, 1.82) is 0 Å². The predicted octanol–water partition coefficient (Wildman–Crippen LogP) is 1.71. The summed E-state index contributed by atoms with van der Waals surface area (Å²) in [6.07, 6.45) is 1.40. The molecule has 0 bridgehead atoms. The Morgan fingerprint density at radius 3 is 2.89 bits per heavy atom. The van der Waals surface area contributed by atoms with E-state index < -0.39 is 15.9 Å². The average molecular weight is 304 g/mol. The predicted molar refractivity (Wildman–Crippen MR) is 72.7 cm³/mol. The molecule has 0 aliphatic heterocycles. The highest BCUT2D eigenvalue weighted by Crippen LogP contribution is 2.31. The fourth-order valence-electron chi connectivity index (χ4n) is 1.50. The Morgan fingerprint density at radius 1 is 1.63 bits per heavy atom. The molecular formula is C11H16N2O4S2. The van der Waals surface area contributed by atoms with Crippen LogP contribution in [0.4, 0.5) is 5.13 Å². The van der Waals surface area contributed by atoms with Gasteiger partial charge in [0.2, 0.25) is 10.0 Å². The lowest BCUT2D eigenvalue weighted by atomic mass is 10.1. The van der Waals surface area contributed by atoms with Gasteiger partial charge in [0.1, 0.15) is 0 Å². The van der Waals surface area contributed by atoms with Crippen molar-refractivity contribution in [2.24, 2.45) is 0 Å². The van der Waals surface area contributed by atoms with Crippen LogP contribution in [0, 0.1) is 0 Å². The minimum absolute atomic E-state index is 0.290. The van der Waals surface area contributed by atoms with Crippen molar-refractivity contribution in [2.45, 2.75) is 37.9 Å². The molecule has 0 aromatic carbocycles. The molecule has 6 nitrogen and oxygen atoms in total. The number of carbonyl (C=O) groups excluding carboxylic acids is 1. The molecule has 2 rings (SSSR count). The van der Waals surface area contributed by atoms with Crippen molar-refractivity contribution in [2.75, 3.05) is 11.3 Å². The van der Waals surface area contributed by atoms with E-state index in [1.54, 1.807) is 19.2 Å². The Labute approximate surface area is 116 Å². The van der Waals surface area contributed by atoms with E-state index in [-0.39, 0.29) is 11.2 Å². The second kappa shape index (κ2) is 5.46. The van der Waals surface area contributed by atoms with E-state index in [4.69, 9.17) is 4.74 Å². The van der Waals surface area contributed by atoms with Crippen LogP contribution in [-0.2, 0) is 19.6 Å². The van der Waals surface area contributed by atoms with Crippen LogP contribution in [0.5, 0.6) is 0 Å². The third kappa shape index (κ3) is 3.44. The molecule has 1 aliphatic rings. The van der Waals surface area contributed by atoms with E-state index in [1.807, 2.05) is 0 Å². The number of sulfonamides is 1. The fourth-order valence-corrected chi connectivity index (χ4v) is 3.90. The molecule has 0 amide bonds. The highest BCUT2D eigenvalue weighted by Gasteiger charge is 2.36. The van der Waals surface area contributed by atoms with E-state index in [0.717, 1.165) is 0 Å². The molecule has 1 atom stereocenters. The molecule has 1 heterocycles. The minimum Gasteiger partial charge on any atom is -0.465 e. The standard InChI is InChI=1S/C11H16N2O4S2/c1-3-17-10(14)7(2)9-6-18-11(12-9)13-19(15,16)8-4-5-8/h6-8H,3-5H2,1-2H3,(H,12,13). The summed E-state index contributed by atoms with van der Waals surface area (Å²) in [5.41, 5.74) is 0.525. The molecule has 8 heteroatoms. The average Bonchev–Trinajstić information content (AvgIpc) is 3.11. The Kier molecular flexibility index (Phi) is 4.10. The van der Waals surface area contributed by atoms with E-state index in [0.29, 0.717) is 30.3 Å². The Morgan fingerprint density at radius 2 is 2.32 bits per heavy atom. The van der Waals surface area contributed by atoms with E-state index in [2.05, 4.69) is 9.71 Å². The van der Waals surface area contributed by atoms with Gasteiger partial charge in [-0.25, -0.2) is 13.4 Å². The first-order valence-corrected chi connectivity index (χ1v) is 8.50. The van der Waals surface area contributed by atoms with Crippen molar-refractivity contribution in [3.8, 4) is 0 Å². The highest BCUT2D eigenvalue weighted by atomic mass is 32.2. The van der Waals surface area contributed by atoms with Crippen LogP contribution in [0.1, 0.15) is 38.3 Å². The summed E-state index contributed by atoms with van der Waals surface area (Å²) in [7, 11) is -3.30. The maximum absolute atomic E-state index is 11.7. The van der Waals surface area contributed by atoms with Gasteiger partial charge in [0.05, 0.1) is 23.5 Å². The number of esters is 1. The summed E-state index contributed by atoms with van der Waals surface area (Å²) in [6, 6.07) is 0. The molecule has 1 unspecified atom stereocenters. The molecule has 19 heavy (non-hydrogen) atoms. The summed E-state index contributed by atoms with van der Waals surface area (Å²) >= 11 is 1.18. The van der Waals surface area contributed by atoms with Crippen molar-refractivity contribution < 1.29 is 17.9 Å². The topological polar surface area (TPSA) is 85.4 Å². The number of rotatable bonds is 6. The van der Waals surface area contributed by atoms with Crippen LogP contribution in [-0.4, -0.2) is 31.2 Å². The number of carbonyl (C=O) groups is 1. The lowest BCUT2D eigenvalue weighted by Gasteiger charge is -2.07. The zero-order valence-electron chi connectivity index (χ0n) is 10.8. The second-order valence-corrected chi connectivity index (χ2v) is 7.22. The van der Waals surface area contributed by atoms with Gasteiger partial charge < -0.3 is 4.74 Å². The molecule has 1 aromatic rings. The molecule has 1 N–H and O–H groups in total. The highest BCUT2D eigenvalue weighted by molar-refractivity contribution is 7.93. The fraction of sp³-hybridized carbons (Fsp3) is 0.636. The lowest BCUT2D eigenvalue weighted by Crippen LogP contribution is -2.17. The Balaban J connectivity index is 2.04. The Hall–Kier alpha value is -1.15. The van der Waals surface area contributed by atoms with Gasteiger partial charge in [0.25, 0.3) is 0 Å². The third-order valence-corrected chi connectivity index (χ3v) is 5.53. The normalized spacial score (nSPS) is 16.9. The van der Waals surface area contributed by atoms with Crippen molar-refractivity contribution in [3.05, 3.63) is 11.1 Å². The number of thiazole rings is 1. The largest absolute Gasteiger partial charge is 0.465 e. The van der Waals surface area contributed by atoms with Crippen LogP contribution in [0.3, 0.4) is 0 Å². The van der Waals surface area contributed by atoms with Crippen molar-refractivity contribution >= 4 is 32.5 Å². The summed E-state index contributed by atoms with van der Waals surface area (Å²) in [6.45, 7) is 3.74. The summed E-state index contributed by atoms with van der Waals surface area (Å²) in [5.74, 6) is -0.847. The number of nitrogens with zero attached hydrogens (tertiary/aromatic N) is 1. The van der Waals surface area contributed by atoms with Gasteiger partial charge in [-0.05, 0) is 26.7 Å². The second-order valence-electron chi connectivity index (χ2n) is 4.40.